The summed E-state index contributed by atoms with van der Waals surface area (Å²) in [5.41, 5.74) is 6.71. The summed E-state index contributed by atoms with van der Waals surface area (Å²) in [6.07, 6.45) is 0. The highest BCUT2D eigenvalue weighted by molar-refractivity contribution is 8.02. The summed E-state index contributed by atoms with van der Waals surface area (Å²) < 4.78 is 13.8. The van der Waals surface area contributed by atoms with Gasteiger partial charge in [-0.1, -0.05) is 24.3 Å². The van der Waals surface area contributed by atoms with Crippen LogP contribution in [0.5, 0.6) is 0 Å². The number of anilines is 2. The second-order valence-corrected chi connectivity index (χ2v) is 7.18. The molecule has 0 aliphatic carbocycles. The van der Waals surface area contributed by atoms with E-state index in [0.29, 0.717) is 16.9 Å². The predicted octanol–water partition coefficient (Wildman–Crippen LogP) is 1.59. The summed E-state index contributed by atoms with van der Waals surface area (Å²) in [6, 6.07) is 12.5. The van der Waals surface area contributed by atoms with E-state index in [4.69, 9.17) is 5.73 Å². The number of amides is 3. The first kappa shape index (κ1) is 16.6. The second-order valence-electron chi connectivity index (χ2n) is 6.02. The largest absolute Gasteiger partial charge is 0.368 e. The molecule has 1 atom stereocenters. The van der Waals surface area contributed by atoms with E-state index in [0.717, 1.165) is 11.8 Å². The standard InChI is InChI=1S/C18H14FN3O3S/c19-11-4-3-5-12(8-11)22-16(24)10-26-18(22)13-6-1-2-7-14(13)21(17(18)25)9-15(20)23/h1-8H,9-10H2,(H2,20,23)/t18-/m0/s1. The van der Waals surface area contributed by atoms with Crippen LogP contribution in [0.15, 0.2) is 48.5 Å². The van der Waals surface area contributed by atoms with Crippen LogP contribution < -0.4 is 15.5 Å². The van der Waals surface area contributed by atoms with Crippen molar-refractivity contribution >= 4 is 40.9 Å². The van der Waals surface area contributed by atoms with Crippen molar-refractivity contribution in [3.8, 4) is 0 Å². The van der Waals surface area contributed by atoms with Gasteiger partial charge in [-0.2, -0.15) is 0 Å². The van der Waals surface area contributed by atoms with Crippen LogP contribution in [0.3, 0.4) is 0 Å². The van der Waals surface area contributed by atoms with Crippen LogP contribution in [0.2, 0.25) is 0 Å². The number of benzene rings is 2. The Labute approximate surface area is 152 Å². The third kappa shape index (κ3) is 2.22. The number of hydrogen-bond donors (Lipinski definition) is 1. The minimum absolute atomic E-state index is 0.0704. The normalized spacial score (nSPS) is 21.6. The molecule has 26 heavy (non-hydrogen) atoms. The molecule has 1 spiro atoms. The Hall–Kier alpha value is -2.87. The molecule has 0 aromatic heterocycles. The van der Waals surface area contributed by atoms with Crippen molar-refractivity contribution in [1.82, 2.24) is 0 Å². The molecule has 1 saturated heterocycles. The molecule has 2 aromatic rings. The minimum Gasteiger partial charge on any atom is -0.368 e. The average molecular weight is 371 g/mol. The molecule has 0 unspecified atom stereocenters. The third-order valence-corrected chi connectivity index (χ3v) is 5.83. The SMILES string of the molecule is NC(=O)CN1C(=O)[C@@]2(SCC(=O)N2c2cccc(F)c2)c2ccccc21. The molecule has 2 heterocycles. The maximum atomic E-state index is 13.8. The van der Waals surface area contributed by atoms with Gasteiger partial charge in [-0.15, -0.1) is 11.8 Å². The fourth-order valence-corrected chi connectivity index (χ4v) is 4.84. The van der Waals surface area contributed by atoms with Crippen molar-refractivity contribution in [3.05, 3.63) is 59.9 Å². The molecule has 0 radical (unpaired) electrons. The molecule has 6 nitrogen and oxygen atoms in total. The first-order chi connectivity index (χ1) is 12.4. The molecular formula is C18H14FN3O3S. The van der Waals surface area contributed by atoms with Crippen molar-refractivity contribution in [2.24, 2.45) is 5.73 Å². The summed E-state index contributed by atoms with van der Waals surface area (Å²) in [7, 11) is 0. The van der Waals surface area contributed by atoms with Gasteiger partial charge in [0.25, 0.3) is 5.91 Å². The molecule has 2 aromatic carbocycles. The zero-order valence-electron chi connectivity index (χ0n) is 13.5. The van der Waals surface area contributed by atoms with Gasteiger partial charge in [-0.3, -0.25) is 24.2 Å². The quantitative estimate of drug-likeness (QED) is 0.888. The molecule has 0 bridgehead atoms. The van der Waals surface area contributed by atoms with E-state index < -0.39 is 22.5 Å². The number of fused-ring (bicyclic) bond motifs is 2. The molecule has 3 amide bonds. The first-order valence-corrected chi connectivity index (χ1v) is 8.86. The highest BCUT2D eigenvalue weighted by Crippen LogP contribution is 2.55. The lowest BCUT2D eigenvalue weighted by atomic mass is 10.0. The smallest absolute Gasteiger partial charge is 0.269 e. The van der Waals surface area contributed by atoms with E-state index in [2.05, 4.69) is 0 Å². The number of para-hydroxylation sites is 1. The molecule has 2 aliphatic rings. The van der Waals surface area contributed by atoms with Crippen molar-refractivity contribution in [2.45, 2.75) is 4.87 Å². The molecule has 132 valence electrons. The fourth-order valence-electron chi connectivity index (χ4n) is 3.48. The second kappa shape index (κ2) is 5.84. The molecule has 4 rings (SSSR count). The number of carbonyl (C=O) groups excluding carboxylic acids is 3. The van der Waals surface area contributed by atoms with Gasteiger partial charge >= 0.3 is 0 Å². The number of halogens is 1. The van der Waals surface area contributed by atoms with Crippen molar-refractivity contribution in [1.29, 1.82) is 0 Å². The predicted molar refractivity (Wildman–Crippen MR) is 96.0 cm³/mol. The lowest BCUT2D eigenvalue weighted by Gasteiger charge is -2.33. The van der Waals surface area contributed by atoms with Gasteiger partial charge in [0.2, 0.25) is 16.7 Å². The molecule has 8 heteroatoms. The molecule has 1 fully saturated rings. The molecular weight excluding hydrogens is 357 g/mol. The van der Waals surface area contributed by atoms with E-state index in [1.165, 1.54) is 28.0 Å². The van der Waals surface area contributed by atoms with Gasteiger partial charge in [0.05, 0.1) is 11.4 Å². The van der Waals surface area contributed by atoms with Gasteiger partial charge in [0, 0.05) is 11.3 Å². The van der Waals surface area contributed by atoms with E-state index >= 15 is 0 Å². The maximum Gasteiger partial charge on any atom is 0.269 e. The number of nitrogens with two attached hydrogens (primary N) is 1. The van der Waals surface area contributed by atoms with Crippen molar-refractivity contribution < 1.29 is 18.8 Å². The van der Waals surface area contributed by atoms with Gasteiger partial charge < -0.3 is 5.73 Å². The first-order valence-electron chi connectivity index (χ1n) is 7.87. The Balaban J connectivity index is 1.92. The lowest BCUT2D eigenvalue weighted by molar-refractivity contribution is -0.125. The average Bonchev–Trinajstić information content (AvgIpc) is 3.07. The number of primary amides is 1. The minimum atomic E-state index is -1.36. The van der Waals surface area contributed by atoms with Crippen LogP contribution in [-0.4, -0.2) is 30.0 Å². The monoisotopic (exact) mass is 371 g/mol. The van der Waals surface area contributed by atoms with Crippen molar-refractivity contribution in [3.63, 3.8) is 0 Å². The summed E-state index contributed by atoms with van der Waals surface area (Å²) in [6.45, 7) is -0.288. The van der Waals surface area contributed by atoms with E-state index in [1.54, 1.807) is 30.3 Å². The number of nitrogens with zero attached hydrogens (tertiary/aromatic N) is 2. The Kier molecular flexibility index (Phi) is 3.73. The van der Waals surface area contributed by atoms with E-state index in [9.17, 15) is 18.8 Å². The van der Waals surface area contributed by atoms with Crippen LogP contribution in [0.25, 0.3) is 0 Å². The third-order valence-electron chi connectivity index (χ3n) is 4.44. The Bertz CT molecular complexity index is 951. The Morgan fingerprint density at radius 1 is 1.19 bits per heavy atom. The van der Waals surface area contributed by atoms with Crippen LogP contribution in [0.4, 0.5) is 15.8 Å². The van der Waals surface area contributed by atoms with Crippen LogP contribution in [0.1, 0.15) is 5.56 Å². The van der Waals surface area contributed by atoms with E-state index in [-0.39, 0.29) is 18.2 Å². The molecule has 0 saturated carbocycles. The maximum absolute atomic E-state index is 13.8. The summed E-state index contributed by atoms with van der Waals surface area (Å²) in [4.78, 5) is 38.7. The lowest BCUT2D eigenvalue weighted by Crippen LogP contribution is -2.51. The molecule has 2 aliphatic heterocycles. The van der Waals surface area contributed by atoms with Crippen LogP contribution in [-0.2, 0) is 19.3 Å². The van der Waals surface area contributed by atoms with Crippen LogP contribution in [0, 0.1) is 5.82 Å². The van der Waals surface area contributed by atoms with Gasteiger partial charge in [0.1, 0.15) is 12.4 Å². The molecule has 2 N–H and O–H groups in total. The van der Waals surface area contributed by atoms with Crippen LogP contribution >= 0.6 is 11.8 Å². The highest BCUT2D eigenvalue weighted by atomic mass is 32.2. The zero-order chi connectivity index (χ0) is 18.5. The number of thioether (sulfide) groups is 1. The van der Waals surface area contributed by atoms with Gasteiger partial charge in [-0.25, -0.2) is 4.39 Å². The number of hydrogen-bond acceptors (Lipinski definition) is 4. The Morgan fingerprint density at radius 3 is 2.69 bits per heavy atom. The summed E-state index contributed by atoms with van der Waals surface area (Å²) in [5.74, 6) is -1.82. The summed E-state index contributed by atoms with van der Waals surface area (Å²) in [5, 5.41) is 0. The van der Waals surface area contributed by atoms with Gasteiger partial charge in [-0.05, 0) is 24.3 Å². The number of rotatable bonds is 3. The number of carbonyl (C=O) groups is 3. The fraction of sp³-hybridized carbons (Fsp3) is 0.167. The topological polar surface area (TPSA) is 83.7 Å². The Morgan fingerprint density at radius 2 is 1.96 bits per heavy atom. The summed E-state index contributed by atoms with van der Waals surface area (Å²) >= 11 is 1.16. The van der Waals surface area contributed by atoms with Gasteiger partial charge in [0.15, 0.2) is 0 Å². The highest BCUT2D eigenvalue weighted by Gasteiger charge is 2.61. The van der Waals surface area contributed by atoms with E-state index in [1.807, 2.05) is 0 Å². The zero-order valence-corrected chi connectivity index (χ0v) is 14.3. The van der Waals surface area contributed by atoms with Crippen molar-refractivity contribution in [2.75, 3.05) is 22.1 Å².